The Balaban J connectivity index is 2.05. The summed E-state index contributed by atoms with van der Waals surface area (Å²) in [4.78, 5) is 7.36. The predicted molar refractivity (Wildman–Crippen MR) is 57.5 cm³/mol. The van der Waals surface area contributed by atoms with Crippen molar-refractivity contribution in [2.45, 2.75) is 6.42 Å². The highest BCUT2D eigenvalue weighted by atomic mass is 15.2. The van der Waals surface area contributed by atoms with Crippen LogP contribution in [-0.4, -0.2) is 20.2 Å². The number of hydrogen-bond donors (Lipinski definition) is 2. The predicted octanol–water partition coefficient (Wildman–Crippen LogP) is 1.88. The number of aromatic nitrogens is 4. The molecule has 0 saturated carbocycles. The van der Waals surface area contributed by atoms with E-state index in [-0.39, 0.29) is 0 Å². The zero-order valence-corrected chi connectivity index (χ0v) is 8.07. The Bertz CT molecular complexity index is 565. The van der Waals surface area contributed by atoms with Crippen LogP contribution in [0.5, 0.6) is 0 Å². The van der Waals surface area contributed by atoms with Crippen molar-refractivity contribution in [3.8, 4) is 0 Å². The topological polar surface area (TPSA) is 57.4 Å². The van der Waals surface area contributed by atoms with E-state index in [0.717, 1.165) is 17.8 Å². The van der Waals surface area contributed by atoms with Gasteiger partial charge in [0.25, 0.3) is 0 Å². The number of nitrogens with one attached hydrogen (secondary N) is 2. The van der Waals surface area contributed by atoms with Gasteiger partial charge in [0, 0.05) is 23.5 Å². The first-order valence-electron chi connectivity index (χ1n) is 4.83. The quantitative estimate of drug-likeness (QED) is 0.660. The Morgan fingerprint density at radius 2 is 2.13 bits per heavy atom. The molecule has 4 heteroatoms. The minimum absolute atomic E-state index is 0.782. The Labute approximate surface area is 86.4 Å². The molecule has 0 saturated heterocycles. The molecule has 0 bridgehead atoms. The molecule has 0 amide bonds. The first-order chi connectivity index (χ1) is 7.43. The normalized spacial score (nSPS) is 10.9. The molecule has 0 fully saturated rings. The minimum atomic E-state index is 0.782. The van der Waals surface area contributed by atoms with Crippen LogP contribution in [0.15, 0.2) is 36.8 Å². The number of hydrogen-bond acceptors (Lipinski definition) is 2. The first-order valence-corrected chi connectivity index (χ1v) is 4.83. The maximum atomic E-state index is 4.12. The maximum absolute atomic E-state index is 4.12. The monoisotopic (exact) mass is 198 g/mol. The number of benzene rings is 1. The molecule has 2 aromatic heterocycles. The van der Waals surface area contributed by atoms with Crippen molar-refractivity contribution in [1.82, 2.24) is 20.2 Å². The molecular weight excluding hydrogens is 188 g/mol. The summed E-state index contributed by atoms with van der Waals surface area (Å²) in [5, 5.41) is 7.95. The molecule has 0 aliphatic rings. The largest absolute Gasteiger partial charge is 0.361 e. The van der Waals surface area contributed by atoms with Gasteiger partial charge in [-0.2, -0.15) is 5.10 Å². The second kappa shape index (κ2) is 3.24. The van der Waals surface area contributed by atoms with Crippen LogP contribution in [0, 0.1) is 0 Å². The van der Waals surface area contributed by atoms with Gasteiger partial charge in [-0.05, 0) is 11.6 Å². The molecule has 15 heavy (non-hydrogen) atoms. The number of para-hydroxylation sites is 1. The van der Waals surface area contributed by atoms with Gasteiger partial charge in [0.05, 0.1) is 0 Å². The van der Waals surface area contributed by atoms with E-state index in [1.807, 2.05) is 18.3 Å². The van der Waals surface area contributed by atoms with Crippen molar-refractivity contribution in [1.29, 1.82) is 0 Å². The highest BCUT2D eigenvalue weighted by Gasteiger charge is 2.04. The van der Waals surface area contributed by atoms with E-state index >= 15 is 0 Å². The molecular formula is C11H10N4. The number of fused-ring (bicyclic) bond motifs is 1. The van der Waals surface area contributed by atoms with Crippen molar-refractivity contribution < 1.29 is 0 Å². The van der Waals surface area contributed by atoms with Gasteiger partial charge < -0.3 is 4.98 Å². The van der Waals surface area contributed by atoms with Crippen LogP contribution in [0.2, 0.25) is 0 Å². The Morgan fingerprint density at radius 1 is 1.20 bits per heavy atom. The van der Waals surface area contributed by atoms with E-state index in [1.165, 1.54) is 17.3 Å². The van der Waals surface area contributed by atoms with E-state index in [4.69, 9.17) is 0 Å². The third kappa shape index (κ3) is 1.40. The van der Waals surface area contributed by atoms with Crippen LogP contribution < -0.4 is 0 Å². The van der Waals surface area contributed by atoms with Crippen LogP contribution >= 0.6 is 0 Å². The smallest absolute Gasteiger partial charge is 0.137 e. The van der Waals surface area contributed by atoms with E-state index in [2.05, 4.69) is 32.3 Å². The van der Waals surface area contributed by atoms with Gasteiger partial charge in [-0.15, -0.1) is 0 Å². The van der Waals surface area contributed by atoms with E-state index in [9.17, 15) is 0 Å². The lowest BCUT2D eigenvalue weighted by Crippen LogP contribution is -1.89. The molecule has 2 heterocycles. The van der Waals surface area contributed by atoms with Crippen LogP contribution in [-0.2, 0) is 6.42 Å². The van der Waals surface area contributed by atoms with Gasteiger partial charge in [-0.1, -0.05) is 18.2 Å². The lowest BCUT2D eigenvalue weighted by molar-refractivity contribution is 0.977. The molecule has 0 atom stereocenters. The fraction of sp³-hybridized carbons (Fsp3) is 0.0909. The van der Waals surface area contributed by atoms with Gasteiger partial charge in [0.1, 0.15) is 12.2 Å². The van der Waals surface area contributed by atoms with Crippen molar-refractivity contribution in [2.75, 3.05) is 0 Å². The van der Waals surface area contributed by atoms with Gasteiger partial charge in [0.2, 0.25) is 0 Å². The Kier molecular flexibility index (Phi) is 1.78. The summed E-state index contributed by atoms with van der Waals surface area (Å²) in [6.45, 7) is 0. The van der Waals surface area contributed by atoms with Crippen LogP contribution in [0.1, 0.15) is 11.4 Å². The van der Waals surface area contributed by atoms with Crippen molar-refractivity contribution in [3.05, 3.63) is 48.2 Å². The van der Waals surface area contributed by atoms with Gasteiger partial charge in [0.15, 0.2) is 0 Å². The second-order valence-corrected chi connectivity index (χ2v) is 3.47. The molecule has 0 unspecified atom stereocenters. The molecule has 2 N–H and O–H groups in total. The summed E-state index contributed by atoms with van der Waals surface area (Å²) in [6.07, 6.45) is 4.33. The van der Waals surface area contributed by atoms with Crippen molar-refractivity contribution in [3.63, 3.8) is 0 Å². The summed E-state index contributed by atoms with van der Waals surface area (Å²) in [5.41, 5.74) is 2.40. The van der Waals surface area contributed by atoms with Gasteiger partial charge >= 0.3 is 0 Å². The highest BCUT2D eigenvalue weighted by molar-refractivity contribution is 5.83. The summed E-state index contributed by atoms with van der Waals surface area (Å²) in [6, 6.07) is 8.24. The lowest BCUT2D eigenvalue weighted by atomic mass is 10.1. The number of nitrogens with zero attached hydrogens (tertiary/aromatic N) is 2. The van der Waals surface area contributed by atoms with Crippen LogP contribution in [0.3, 0.4) is 0 Å². The molecule has 0 aliphatic carbocycles. The lowest BCUT2D eigenvalue weighted by Gasteiger charge is -1.94. The minimum Gasteiger partial charge on any atom is -0.361 e. The molecule has 0 radical (unpaired) electrons. The zero-order valence-electron chi connectivity index (χ0n) is 8.07. The average Bonchev–Trinajstić information content (AvgIpc) is 2.89. The fourth-order valence-electron chi connectivity index (χ4n) is 1.77. The molecule has 0 spiro atoms. The summed E-state index contributed by atoms with van der Waals surface area (Å²) < 4.78 is 0. The Hall–Kier alpha value is -2.10. The molecule has 4 nitrogen and oxygen atoms in total. The maximum Gasteiger partial charge on any atom is 0.137 e. The van der Waals surface area contributed by atoms with E-state index in [0.29, 0.717) is 0 Å². The third-order valence-electron chi connectivity index (χ3n) is 2.50. The highest BCUT2D eigenvalue weighted by Crippen LogP contribution is 2.19. The molecule has 3 aromatic rings. The molecule has 3 rings (SSSR count). The second-order valence-electron chi connectivity index (χ2n) is 3.47. The average molecular weight is 198 g/mol. The van der Waals surface area contributed by atoms with Crippen LogP contribution in [0.4, 0.5) is 0 Å². The molecule has 0 aliphatic heterocycles. The SMILES string of the molecule is c1ccc2c(Cc3ncn[nH]3)c[nH]c2c1. The number of H-pyrrole nitrogens is 2. The summed E-state index contributed by atoms with van der Waals surface area (Å²) in [7, 11) is 0. The molecule has 74 valence electrons. The zero-order chi connectivity index (χ0) is 10.1. The van der Waals surface area contributed by atoms with E-state index < -0.39 is 0 Å². The first kappa shape index (κ1) is 8.23. The number of rotatable bonds is 2. The fourth-order valence-corrected chi connectivity index (χ4v) is 1.77. The summed E-state index contributed by atoms with van der Waals surface area (Å²) in [5.74, 6) is 0.889. The van der Waals surface area contributed by atoms with Gasteiger partial charge in [-0.25, -0.2) is 4.98 Å². The third-order valence-corrected chi connectivity index (χ3v) is 2.50. The van der Waals surface area contributed by atoms with E-state index in [1.54, 1.807) is 0 Å². The van der Waals surface area contributed by atoms with Crippen molar-refractivity contribution in [2.24, 2.45) is 0 Å². The standard InChI is InChI=1S/C11H10N4/c1-2-4-10-9(3-1)8(6-12-10)5-11-13-7-14-15-11/h1-4,6-7,12H,5H2,(H,13,14,15). The Morgan fingerprint density at radius 3 is 3.00 bits per heavy atom. The number of aromatic amines is 2. The summed E-state index contributed by atoms with van der Waals surface area (Å²) >= 11 is 0. The van der Waals surface area contributed by atoms with Gasteiger partial charge in [-0.3, -0.25) is 5.10 Å². The molecule has 1 aromatic carbocycles. The van der Waals surface area contributed by atoms with Crippen LogP contribution in [0.25, 0.3) is 10.9 Å². The van der Waals surface area contributed by atoms with Crippen molar-refractivity contribution >= 4 is 10.9 Å².